The SMILES string of the molecule is C[C@@H]1CN(c2nc3c(c(-c4ccc(F)cc4F)n2)CCN(C)C3=O)C[C@H](c2cnn(C3CC3)c2)O1. The van der Waals surface area contributed by atoms with E-state index in [2.05, 4.69) is 10.1 Å². The monoisotopic (exact) mass is 480 g/mol. The number of hydrogen-bond donors (Lipinski definition) is 0. The summed E-state index contributed by atoms with van der Waals surface area (Å²) in [4.78, 5) is 26.0. The number of hydrogen-bond acceptors (Lipinski definition) is 6. The van der Waals surface area contributed by atoms with E-state index in [1.165, 1.54) is 12.1 Å². The van der Waals surface area contributed by atoms with Crippen molar-refractivity contribution in [1.29, 1.82) is 0 Å². The Labute approximate surface area is 201 Å². The molecule has 1 aliphatic carbocycles. The summed E-state index contributed by atoms with van der Waals surface area (Å²) in [5, 5.41) is 4.49. The number of rotatable bonds is 4. The van der Waals surface area contributed by atoms with E-state index in [9.17, 15) is 13.6 Å². The van der Waals surface area contributed by atoms with E-state index in [4.69, 9.17) is 9.72 Å². The maximum Gasteiger partial charge on any atom is 0.272 e. The number of carbonyl (C=O) groups excluding carboxylic acids is 1. The molecule has 0 spiro atoms. The van der Waals surface area contributed by atoms with E-state index in [0.717, 1.165) is 24.5 Å². The first-order chi connectivity index (χ1) is 16.9. The quantitative estimate of drug-likeness (QED) is 0.569. The van der Waals surface area contributed by atoms with Gasteiger partial charge in [-0.15, -0.1) is 0 Å². The minimum Gasteiger partial charge on any atom is -0.367 e. The molecule has 0 radical (unpaired) electrons. The van der Waals surface area contributed by atoms with Crippen molar-refractivity contribution in [1.82, 2.24) is 24.6 Å². The number of aromatic nitrogens is 4. The molecule has 1 aromatic carbocycles. The van der Waals surface area contributed by atoms with Crippen LogP contribution < -0.4 is 4.90 Å². The number of nitrogens with zero attached hydrogens (tertiary/aromatic N) is 6. The predicted octanol–water partition coefficient (Wildman–Crippen LogP) is 3.55. The Hall–Kier alpha value is -3.40. The second kappa shape index (κ2) is 8.37. The average Bonchev–Trinajstić information content (AvgIpc) is 3.57. The highest BCUT2D eigenvalue weighted by molar-refractivity contribution is 5.96. The number of morpholine rings is 1. The molecule has 0 unspecified atom stereocenters. The second-order valence-corrected chi connectivity index (χ2v) is 9.63. The standard InChI is InChI=1S/C25H26F2N6O2/c1-14-11-32(13-21(35-14)15-10-28-33(12-15)17-4-5-17)25-29-22(18-6-3-16(26)9-20(18)27)19-7-8-31(2)24(34)23(19)30-25/h3,6,9-10,12,14,17,21H,4-5,7-8,11,13H2,1-2H3/t14-,21-/m1/s1. The lowest BCUT2D eigenvalue weighted by atomic mass is 9.97. The van der Waals surface area contributed by atoms with Crippen molar-refractivity contribution in [2.24, 2.45) is 0 Å². The number of ether oxygens (including phenoxy) is 1. The predicted molar refractivity (Wildman–Crippen MR) is 124 cm³/mol. The molecule has 182 valence electrons. The summed E-state index contributed by atoms with van der Waals surface area (Å²) in [7, 11) is 1.72. The molecule has 3 aliphatic rings. The lowest BCUT2D eigenvalue weighted by Gasteiger charge is -2.37. The van der Waals surface area contributed by atoms with Gasteiger partial charge in [0.25, 0.3) is 5.91 Å². The molecule has 2 aliphatic heterocycles. The molecule has 2 fully saturated rings. The van der Waals surface area contributed by atoms with E-state index in [1.54, 1.807) is 11.9 Å². The molecule has 8 nitrogen and oxygen atoms in total. The Bertz CT molecular complexity index is 1310. The molecule has 0 bridgehead atoms. The van der Waals surface area contributed by atoms with Gasteiger partial charge in [-0.3, -0.25) is 9.48 Å². The zero-order valence-electron chi connectivity index (χ0n) is 19.6. The first kappa shape index (κ1) is 22.1. The molecule has 1 saturated heterocycles. The maximum atomic E-state index is 14.8. The van der Waals surface area contributed by atoms with Crippen molar-refractivity contribution >= 4 is 11.9 Å². The summed E-state index contributed by atoms with van der Waals surface area (Å²) < 4.78 is 36.7. The van der Waals surface area contributed by atoms with Gasteiger partial charge in [0.15, 0.2) is 0 Å². The molecular weight excluding hydrogens is 454 g/mol. The minimum atomic E-state index is -0.719. The zero-order chi connectivity index (χ0) is 24.3. The highest BCUT2D eigenvalue weighted by Gasteiger charge is 2.34. The number of benzene rings is 1. The fourth-order valence-electron chi connectivity index (χ4n) is 4.85. The van der Waals surface area contributed by atoms with Crippen LogP contribution in [0.25, 0.3) is 11.3 Å². The maximum absolute atomic E-state index is 14.8. The highest BCUT2D eigenvalue weighted by atomic mass is 19.1. The first-order valence-electron chi connectivity index (χ1n) is 11.9. The number of anilines is 1. The van der Waals surface area contributed by atoms with Crippen molar-refractivity contribution in [3.8, 4) is 11.3 Å². The molecule has 0 N–H and O–H groups in total. The summed E-state index contributed by atoms with van der Waals surface area (Å²) in [6.45, 7) is 3.44. The molecule has 4 heterocycles. The van der Waals surface area contributed by atoms with Gasteiger partial charge in [-0.1, -0.05) is 0 Å². The number of likely N-dealkylation sites (N-methyl/N-ethyl adjacent to an activating group) is 1. The van der Waals surface area contributed by atoms with Crippen LogP contribution >= 0.6 is 0 Å². The normalized spacial score (nSPS) is 22.5. The van der Waals surface area contributed by atoms with E-state index in [0.29, 0.717) is 49.3 Å². The first-order valence-corrected chi connectivity index (χ1v) is 11.9. The van der Waals surface area contributed by atoms with Crippen molar-refractivity contribution < 1.29 is 18.3 Å². The van der Waals surface area contributed by atoms with Crippen molar-refractivity contribution in [2.75, 3.05) is 31.6 Å². The highest BCUT2D eigenvalue weighted by Crippen LogP contribution is 2.36. The largest absolute Gasteiger partial charge is 0.367 e. The third-order valence-electron chi connectivity index (χ3n) is 6.89. The van der Waals surface area contributed by atoms with Crippen molar-refractivity contribution in [3.05, 3.63) is 59.0 Å². The molecule has 2 aromatic heterocycles. The zero-order valence-corrected chi connectivity index (χ0v) is 19.6. The van der Waals surface area contributed by atoms with Gasteiger partial charge in [-0.25, -0.2) is 18.7 Å². The van der Waals surface area contributed by atoms with Gasteiger partial charge < -0.3 is 14.5 Å². The summed E-state index contributed by atoms with van der Waals surface area (Å²) in [6, 6.07) is 3.89. The summed E-state index contributed by atoms with van der Waals surface area (Å²) in [5.74, 6) is -1.28. The number of fused-ring (bicyclic) bond motifs is 1. The summed E-state index contributed by atoms with van der Waals surface area (Å²) in [5.41, 5.74) is 2.33. The van der Waals surface area contributed by atoms with Gasteiger partial charge in [0.2, 0.25) is 5.95 Å². The molecular formula is C25H26F2N6O2. The fraction of sp³-hybridized carbons (Fsp3) is 0.440. The molecule has 1 amide bonds. The van der Waals surface area contributed by atoms with Gasteiger partial charge in [0, 0.05) is 49.1 Å². The summed E-state index contributed by atoms with van der Waals surface area (Å²) in [6.07, 6.45) is 6.28. The second-order valence-electron chi connectivity index (χ2n) is 9.63. The number of halogens is 2. The third kappa shape index (κ3) is 4.05. The Balaban J connectivity index is 1.40. The Morgan fingerprint density at radius 3 is 2.69 bits per heavy atom. The van der Waals surface area contributed by atoms with Crippen molar-refractivity contribution in [3.63, 3.8) is 0 Å². The van der Waals surface area contributed by atoms with Crippen molar-refractivity contribution in [2.45, 2.75) is 44.4 Å². The Kier molecular flexibility index (Phi) is 5.28. The smallest absolute Gasteiger partial charge is 0.272 e. The van der Waals surface area contributed by atoms with Crippen LogP contribution in [-0.2, 0) is 11.2 Å². The molecule has 1 saturated carbocycles. The lowest BCUT2D eigenvalue weighted by Crippen LogP contribution is -2.44. The van der Waals surface area contributed by atoms with E-state index >= 15 is 0 Å². The average molecular weight is 481 g/mol. The Morgan fingerprint density at radius 2 is 1.91 bits per heavy atom. The topological polar surface area (TPSA) is 76.4 Å². The minimum absolute atomic E-state index is 0.123. The number of amides is 1. The molecule has 3 aromatic rings. The molecule has 35 heavy (non-hydrogen) atoms. The van der Waals surface area contributed by atoms with Gasteiger partial charge in [-0.05, 0) is 38.3 Å². The van der Waals surface area contributed by atoms with Gasteiger partial charge in [-0.2, -0.15) is 5.10 Å². The van der Waals surface area contributed by atoms with Crippen LogP contribution in [0.4, 0.5) is 14.7 Å². The van der Waals surface area contributed by atoms with Crippen LogP contribution in [0.5, 0.6) is 0 Å². The molecule has 6 rings (SSSR count). The number of carbonyl (C=O) groups is 1. The lowest BCUT2D eigenvalue weighted by molar-refractivity contribution is -0.0179. The van der Waals surface area contributed by atoms with Gasteiger partial charge >= 0.3 is 0 Å². The fourth-order valence-corrected chi connectivity index (χ4v) is 4.85. The van der Waals surface area contributed by atoms with E-state index in [-0.39, 0.29) is 29.4 Å². The van der Waals surface area contributed by atoms with Crippen LogP contribution in [0, 0.1) is 11.6 Å². The van der Waals surface area contributed by atoms with Crippen LogP contribution in [0.3, 0.4) is 0 Å². The van der Waals surface area contributed by atoms with Crippen LogP contribution in [0.2, 0.25) is 0 Å². The van der Waals surface area contributed by atoms with Gasteiger partial charge in [0.1, 0.15) is 23.4 Å². The third-order valence-corrected chi connectivity index (χ3v) is 6.89. The van der Waals surface area contributed by atoms with E-state index < -0.39 is 11.6 Å². The van der Waals surface area contributed by atoms with Gasteiger partial charge in [0.05, 0.1) is 30.6 Å². The van der Waals surface area contributed by atoms with Crippen LogP contribution in [0.1, 0.15) is 53.5 Å². The molecule has 10 heteroatoms. The molecule has 2 atom stereocenters. The van der Waals surface area contributed by atoms with Crippen LogP contribution in [-0.4, -0.2) is 63.3 Å². The Morgan fingerprint density at radius 1 is 1.11 bits per heavy atom. The summed E-state index contributed by atoms with van der Waals surface area (Å²) >= 11 is 0. The van der Waals surface area contributed by atoms with Crippen LogP contribution in [0.15, 0.2) is 30.6 Å². The van der Waals surface area contributed by atoms with E-state index in [1.807, 2.05) is 28.9 Å².